The largest absolute Gasteiger partial charge is 0.371 e. The Morgan fingerprint density at radius 2 is 2.00 bits per heavy atom. The predicted molar refractivity (Wildman–Crippen MR) is 108 cm³/mol. The smallest absolute Gasteiger partial charge is 0.255 e. The Morgan fingerprint density at radius 3 is 2.58 bits per heavy atom. The maximum absolute atomic E-state index is 12.4. The van der Waals surface area contributed by atoms with Crippen LogP contribution in [0.15, 0.2) is 24.7 Å². The highest BCUT2D eigenvalue weighted by atomic mass is 19.3. The average Bonchev–Trinajstić information content (AvgIpc) is 3.61. The molecule has 2 aromatic heterocycles. The van der Waals surface area contributed by atoms with Crippen molar-refractivity contribution in [2.24, 2.45) is 5.92 Å². The molecule has 2 aromatic rings. The summed E-state index contributed by atoms with van der Waals surface area (Å²) in [5.74, 6) is -0.304. The lowest BCUT2D eigenvalue weighted by Crippen LogP contribution is -2.41. The van der Waals surface area contributed by atoms with Crippen LogP contribution >= 0.6 is 0 Å². The van der Waals surface area contributed by atoms with E-state index in [1.807, 2.05) is 6.07 Å². The van der Waals surface area contributed by atoms with Gasteiger partial charge in [0.15, 0.2) is 11.5 Å². The Morgan fingerprint density at radius 1 is 1.23 bits per heavy atom. The van der Waals surface area contributed by atoms with Crippen molar-refractivity contribution in [3.8, 4) is 17.3 Å². The Kier molecular flexibility index (Phi) is 7.02. The number of aromatic nitrogens is 3. The first-order valence-electron chi connectivity index (χ1n) is 9.77. The van der Waals surface area contributed by atoms with Gasteiger partial charge in [-0.3, -0.25) is 14.6 Å². The molecule has 1 fully saturated rings. The lowest BCUT2D eigenvalue weighted by atomic mass is 10.1. The summed E-state index contributed by atoms with van der Waals surface area (Å²) in [6.45, 7) is 0.961. The molecule has 1 saturated carbocycles. The van der Waals surface area contributed by atoms with E-state index in [0.29, 0.717) is 23.5 Å². The van der Waals surface area contributed by atoms with Gasteiger partial charge in [-0.2, -0.15) is 5.26 Å². The van der Waals surface area contributed by atoms with Crippen LogP contribution < -0.4 is 16.0 Å². The Hall–Kier alpha value is -3.68. The number of nitrogens with one attached hydrogen (secondary N) is 3. The monoisotopic (exact) mass is 429 g/mol. The van der Waals surface area contributed by atoms with Gasteiger partial charge in [-0.25, -0.2) is 18.7 Å². The van der Waals surface area contributed by atoms with E-state index in [4.69, 9.17) is 0 Å². The summed E-state index contributed by atoms with van der Waals surface area (Å²) in [4.78, 5) is 36.5. The van der Waals surface area contributed by atoms with Crippen molar-refractivity contribution in [2.75, 3.05) is 17.2 Å². The number of hydrogen-bond donors (Lipinski definition) is 3. The summed E-state index contributed by atoms with van der Waals surface area (Å²) in [7, 11) is 0. The molecule has 2 heterocycles. The second-order valence-electron chi connectivity index (χ2n) is 7.02. The second-order valence-corrected chi connectivity index (χ2v) is 7.02. The molecule has 1 aliphatic rings. The molecule has 1 aliphatic carbocycles. The summed E-state index contributed by atoms with van der Waals surface area (Å²) in [5.41, 5.74) is 1.29. The molecule has 3 N–H and O–H groups in total. The van der Waals surface area contributed by atoms with Crippen LogP contribution in [0.5, 0.6) is 0 Å². The molecule has 2 amide bonds. The Balaban J connectivity index is 1.75. The van der Waals surface area contributed by atoms with Crippen molar-refractivity contribution in [3.63, 3.8) is 0 Å². The van der Waals surface area contributed by atoms with Crippen LogP contribution in [0.3, 0.4) is 0 Å². The Labute approximate surface area is 177 Å². The van der Waals surface area contributed by atoms with Crippen LogP contribution in [0.1, 0.15) is 31.9 Å². The molecule has 0 aliphatic heterocycles. The van der Waals surface area contributed by atoms with E-state index in [-0.39, 0.29) is 23.2 Å². The van der Waals surface area contributed by atoms with E-state index < -0.39 is 24.9 Å². The van der Waals surface area contributed by atoms with Gasteiger partial charge in [-0.05, 0) is 25.3 Å². The number of hydrogen-bond acceptors (Lipinski definition) is 7. The number of nitriles is 1. The molecule has 31 heavy (non-hydrogen) atoms. The zero-order chi connectivity index (χ0) is 22.4. The molecule has 0 radical (unpaired) electrons. The van der Waals surface area contributed by atoms with Crippen LogP contribution in [0.2, 0.25) is 0 Å². The molecule has 0 unspecified atom stereocenters. The van der Waals surface area contributed by atoms with Crippen molar-refractivity contribution in [1.29, 1.82) is 5.26 Å². The fourth-order valence-corrected chi connectivity index (χ4v) is 2.76. The molecule has 0 bridgehead atoms. The lowest BCUT2D eigenvalue weighted by Gasteiger charge is -2.19. The first kappa shape index (κ1) is 22.0. The molecule has 0 saturated heterocycles. The molecule has 3 rings (SSSR count). The summed E-state index contributed by atoms with van der Waals surface area (Å²) in [6.07, 6.45) is 3.73. The topological polar surface area (TPSA) is 133 Å². The fourth-order valence-electron chi connectivity index (χ4n) is 2.76. The number of amides is 2. The zero-order valence-electron chi connectivity index (χ0n) is 16.7. The van der Waals surface area contributed by atoms with Gasteiger partial charge < -0.3 is 16.0 Å². The number of pyridine rings is 1. The molecule has 162 valence electrons. The minimum Gasteiger partial charge on any atom is -0.371 e. The normalized spacial score (nSPS) is 13.9. The van der Waals surface area contributed by atoms with Gasteiger partial charge in [0.1, 0.15) is 12.1 Å². The molecular weight excluding hydrogens is 408 g/mol. The number of carbonyl (C=O) groups excluding carboxylic acids is 2. The van der Waals surface area contributed by atoms with Crippen LogP contribution in [0.4, 0.5) is 20.3 Å². The maximum atomic E-state index is 12.4. The third-order valence-corrected chi connectivity index (χ3v) is 4.63. The Bertz CT molecular complexity index is 988. The van der Waals surface area contributed by atoms with E-state index in [2.05, 4.69) is 30.9 Å². The van der Waals surface area contributed by atoms with Crippen molar-refractivity contribution in [2.45, 2.75) is 38.7 Å². The molecule has 0 aromatic carbocycles. The summed E-state index contributed by atoms with van der Waals surface area (Å²) < 4.78 is 24.7. The van der Waals surface area contributed by atoms with Gasteiger partial charge in [-0.15, -0.1) is 0 Å². The average molecular weight is 429 g/mol. The van der Waals surface area contributed by atoms with Crippen molar-refractivity contribution < 1.29 is 18.4 Å². The third kappa shape index (κ3) is 5.91. The van der Waals surface area contributed by atoms with Gasteiger partial charge in [0.2, 0.25) is 11.8 Å². The molecule has 0 spiro atoms. The molecule has 11 heteroatoms. The van der Waals surface area contributed by atoms with Crippen LogP contribution in [0, 0.1) is 17.2 Å². The fraction of sp³-hybridized carbons (Fsp3) is 0.400. The van der Waals surface area contributed by atoms with Crippen molar-refractivity contribution in [1.82, 2.24) is 20.3 Å². The predicted octanol–water partition coefficient (Wildman–Crippen LogP) is 2.33. The summed E-state index contributed by atoms with van der Waals surface area (Å²) >= 11 is 0. The zero-order valence-corrected chi connectivity index (χ0v) is 16.7. The van der Waals surface area contributed by atoms with Crippen LogP contribution in [-0.2, 0) is 9.59 Å². The highest BCUT2D eigenvalue weighted by molar-refractivity contribution is 5.93. The first-order valence-corrected chi connectivity index (χ1v) is 9.77. The molecule has 9 nitrogen and oxygen atoms in total. The number of alkyl halides is 2. The second kappa shape index (κ2) is 9.88. The van der Waals surface area contributed by atoms with Gasteiger partial charge in [0.25, 0.3) is 6.43 Å². The van der Waals surface area contributed by atoms with Crippen LogP contribution in [-0.4, -0.2) is 45.8 Å². The highest BCUT2D eigenvalue weighted by Gasteiger charge is 2.29. The van der Waals surface area contributed by atoms with Gasteiger partial charge in [0.05, 0.1) is 30.3 Å². The van der Waals surface area contributed by atoms with Crippen LogP contribution in [0.25, 0.3) is 11.3 Å². The quantitative estimate of drug-likeness (QED) is 0.557. The SMILES string of the molecule is CC[C@H](Nc1cc(-c2cnc(NC(=O)C3CC3)cn2)cnc1C#N)C(=O)NCC(F)F. The van der Waals surface area contributed by atoms with Crippen molar-refractivity contribution >= 4 is 23.3 Å². The molecule has 1 atom stereocenters. The summed E-state index contributed by atoms with van der Waals surface area (Å²) in [5, 5.41) is 17.1. The lowest BCUT2D eigenvalue weighted by molar-refractivity contribution is -0.122. The first-order chi connectivity index (χ1) is 14.9. The van der Waals surface area contributed by atoms with E-state index in [1.165, 1.54) is 18.6 Å². The minimum absolute atomic E-state index is 0.0437. The van der Waals surface area contributed by atoms with E-state index in [1.54, 1.807) is 13.0 Å². The van der Waals surface area contributed by atoms with E-state index >= 15 is 0 Å². The van der Waals surface area contributed by atoms with Gasteiger partial charge >= 0.3 is 0 Å². The maximum Gasteiger partial charge on any atom is 0.255 e. The number of nitrogens with zero attached hydrogens (tertiary/aromatic N) is 4. The van der Waals surface area contributed by atoms with E-state index in [0.717, 1.165) is 12.8 Å². The van der Waals surface area contributed by atoms with Crippen molar-refractivity contribution in [3.05, 3.63) is 30.4 Å². The number of anilines is 2. The van der Waals surface area contributed by atoms with E-state index in [9.17, 15) is 23.6 Å². The van der Waals surface area contributed by atoms with Gasteiger partial charge in [-0.1, -0.05) is 6.92 Å². The molecular formula is C20H21F2N7O2. The number of halogens is 2. The summed E-state index contributed by atoms with van der Waals surface area (Å²) in [6, 6.07) is 2.69. The third-order valence-electron chi connectivity index (χ3n) is 4.63. The number of rotatable bonds is 9. The van der Waals surface area contributed by atoms with Gasteiger partial charge in [0, 0.05) is 17.7 Å². The minimum atomic E-state index is -2.66. The standard InChI is InChI=1S/C20H21F2N7O2/c1-2-13(20(31)27-9-17(21)22)28-14-5-12(7-24-15(14)6-23)16-8-26-18(10-25-16)29-19(30)11-3-4-11/h5,7-8,10-11,13,17,28H,2-4,9H2,1H3,(H,27,31)(H,26,29,30)/t13-/m0/s1. The highest BCUT2D eigenvalue weighted by Crippen LogP contribution is 2.30. The number of carbonyl (C=O) groups is 2.